The van der Waals surface area contributed by atoms with E-state index in [1.165, 1.54) is 6.42 Å². The van der Waals surface area contributed by atoms with Gasteiger partial charge in [-0.05, 0) is 43.5 Å². The standard InChI is InChI=1S/C14H21ClN2O/c1-3-14(16,13-5-4-8-17-13)10-6-7-11(15)12(9-10)18-2/h6-7,9,13,17H,3-5,8,16H2,1-2H3/t13-,14?/m0/s1. The molecule has 4 heteroatoms. The third kappa shape index (κ3) is 2.35. The second kappa shape index (κ2) is 5.47. The highest BCUT2D eigenvalue weighted by atomic mass is 35.5. The second-order valence-corrected chi connectivity index (χ2v) is 5.30. The first kappa shape index (κ1) is 13.7. The van der Waals surface area contributed by atoms with Gasteiger partial charge < -0.3 is 15.8 Å². The molecular weight excluding hydrogens is 248 g/mol. The maximum Gasteiger partial charge on any atom is 0.137 e. The predicted molar refractivity (Wildman–Crippen MR) is 75.2 cm³/mol. The summed E-state index contributed by atoms with van der Waals surface area (Å²) in [5.41, 5.74) is 7.37. The number of benzene rings is 1. The highest BCUT2D eigenvalue weighted by molar-refractivity contribution is 6.32. The lowest BCUT2D eigenvalue weighted by Gasteiger charge is -2.35. The maximum absolute atomic E-state index is 6.64. The number of nitrogens with two attached hydrogens (primary N) is 1. The van der Waals surface area contributed by atoms with Crippen LogP contribution in [0.1, 0.15) is 31.7 Å². The molecule has 0 saturated carbocycles. The van der Waals surface area contributed by atoms with Crippen LogP contribution < -0.4 is 15.8 Å². The molecular formula is C14H21ClN2O. The van der Waals surface area contributed by atoms with E-state index in [0.717, 1.165) is 24.9 Å². The third-order valence-electron chi connectivity index (χ3n) is 3.96. The molecule has 0 amide bonds. The molecule has 0 aliphatic carbocycles. The van der Waals surface area contributed by atoms with Gasteiger partial charge in [-0.15, -0.1) is 0 Å². The average molecular weight is 269 g/mol. The van der Waals surface area contributed by atoms with Crippen LogP contribution in [0.4, 0.5) is 0 Å². The Kier molecular flexibility index (Phi) is 4.15. The summed E-state index contributed by atoms with van der Waals surface area (Å²) >= 11 is 6.07. The van der Waals surface area contributed by atoms with Gasteiger partial charge in [-0.3, -0.25) is 0 Å². The number of halogens is 1. The largest absolute Gasteiger partial charge is 0.495 e. The molecule has 3 nitrogen and oxygen atoms in total. The van der Waals surface area contributed by atoms with Gasteiger partial charge in [0.2, 0.25) is 0 Å². The van der Waals surface area contributed by atoms with Crippen LogP contribution >= 0.6 is 11.6 Å². The van der Waals surface area contributed by atoms with E-state index in [2.05, 4.69) is 12.2 Å². The minimum atomic E-state index is -0.353. The van der Waals surface area contributed by atoms with E-state index < -0.39 is 0 Å². The van der Waals surface area contributed by atoms with Gasteiger partial charge in [0.25, 0.3) is 0 Å². The molecule has 1 aliphatic rings. The summed E-state index contributed by atoms with van der Waals surface area (Å²) in [6.45, 7) is 3.18. The number of hydrogen-bond acceptors (Lipinski definition) is 3. The first-order chi connectivity index (χ1) is 8.61. The minimum Gasteiger partial charge on any atom is -0.495 e. The lowest BCUT2D eigenvalue weighted by Crippen LogP contribution is -2.51. The second-order valence-electron chi connectivity index (χ2n) is 4.89. The SMILES string of the molecule is CCC(N)(c1ccc(Cl)c(OC)c1)[C@@H]1CCCN1. The summed E-state index contributed by atoms with van der Waals surface area (Å²) in [6.07, 6.45) is 3.19. The Morgan fingerprint density at radius 3 is 2.89 bits per heavy atom. The number of nitrogens with one attached hydrogen (secondary N) is 1. The van der Waals surface area contributed by atoms with Crippen molar-refractivity contribution in [2.24, 2.45) is 5.73 Å². The van der Waals surface area contributed by atoms with Gasteiger partial charge in [-0.1, -0.05) is 24.6 Å². The van der Waals surface area contributed by atoms with E-state index in [1.54, 1.807) is 7.11 Å². The molecule has 1 aromatic carbocycles. The fourth-order valence-electron chi connectivity index (χ4n) is 2.73. The topological polar surface area (TPSA) is 47.3 Å². The summed E-state index contributed by atoms with van der Waals surface area (Å²) in [4.78, 5) is 0. The molecule has 0 aromatic heterocycles. The van der Waals surface area contributed by atoms with Crippen LogP contribution in [0.15, 0.2) is 18.2 Å². The van der Waals surface area contributed by atoms with Crippen LogP contribution in [-0.4, -0.2) is 19.7 Å². The zero-order valence-electron chi connectivity index (χ0n) is 11.0. The summed E-state index contributed by atoms with van der Waals surface area (Å²) in [7, 11) is 1.63. The molecule has 0 spiro atoms. The first-order valence-electron chi connectivity index (χ1n) is 6.48. The normalized spacial score (nSPS) is 22.8. The van der Waals surface area contributed by atoms with Crippen molar-refractivity contribution in [3.05, 3.63) is 28.8 Å². The Labute approximate surface area is 114 Å². The summed E-state index contributed by atoms with van der Waals surface area (Å²) in [5, 5.41) is 4.12. The molecule has 1 unspecified atom stereocenters. The third-order valence-corrected chi connectivity index (χ3v) is 4.27. The van der Waals surface area contributed by atoms with Crippen molar-refractivity contribution < 1.29 is 4.74 Å². The van der Waals surface area contributed by atoms with Crippen molar-refractivity contribution in [3.63, 3.8) is 0 Å². The molecule has 100 valence electrons. The monoisotopic (exact) mass is 268 g/mol. The number of ether oxygens (including phenoxy) is 1. The Morgan fingerprint density at radius 1 is 1.56 bits per heavy atom. The van der Waals surface area contributed by atoms with Crippen LogP contribution in [0, 0.1) is 0 Å². The summed E-state index contributed by atoms with van der Waals surface area (Å²) in [5.74, 6) is 0.690. The Morgan fingerprint density at radius 2 is 2.33 bits per heavy atom. The van der Waals surface area contributed by atoms with Gasteiger partial charge in [0, 0.05) is 6.04 Å². The predicted octanol–water partition coefficient (Wildman–Crippen LogP) is 2.66. The van der Waals surface area contributed by atoms with Crippen LogP contribution in [0.3, 0.4) is 0 Å². The molecule has 1 fully saturated rings. The lowest BCUT2D eigenvalue weighted by molar-refractivity contribution is 0.313. The van der Waals surface area contributed by atoms with Crippen molar-refractivity contribution in [1.82, 2.24) is 5.32 Å². The molecule has 0 radical (unpaired) electrons. The zero-order valence-corrected chi connectivity index (χ0v) is 11.8. The fourth-order valence-corrected chi connectivity index (χ4v) is 2.92. The summed E-state index contributed by atoms with van der Waals surface area (Å²) in [6, 6.07) is 6.16. The minimum absolute atomic E-state index is 0.327. The quantitative estimate of drug-likeness (QED) is 0.883. The van der Waals surface area contributed by atoms with Crippen molar-refractivity contribution in [2.45, 2.75) is 37.8 Å². The van der Waals surface area contributed by atoms with Gasteiger partial charge >= 0.3 is 0 Å². The number of methoxy groups -OCH3 is 1. The van der Waals surface area contributed by atoms with Crippen LogP contribution in [0.2, 0.25) is 5.02 Å². The molecule has 2 rings (SSSR count). The van der Waals surface area contributed by atoms with Gasteiger partial charge in [0.05, 0.1) is 17.7 Å². The van der Waals surface area contributed by atoms with E-state index in [9.17, 15) is 0 Å². The van der Waals surface area contributed by atoms with E-state index in [0.29, 0.717) is 16.8 Å². The van der Waals surface area contributed by atoms with Gasteiger partial charge in [-0.2, -0.15) is 0 Å². The van der Waals surface area contributed by atoms with E-state index in [1.807, 2.05) is 18.2 Å². The molecule has 0 bridgehead atoms. The Hall–Kier alpha value is -0.770. The highest BCUT2D eigenvalue weighted by Gasteiger charge is 2.37. The zero-order chi connectivity index (χ0) is 13.2. The Balaban J connectivity index is 2.37. The fraction of sp³-hybridized carbons (Fsp3) is 0.571. The highest BCUT2D eigenvalue weighted by Crippen LogP contribution is 2.35. The lowest BCUT2D eigenvalue weighted by atomic mass is 9.80. The molecule has 1 heterocycles. The van der Waals surface area contributed by atoms with Crippen molar-refractivity contribution in [2.75, 3.05) is 13.7 Å². The van der Waals surface area contributed by atoms with Gasteiger partial charge in [-0.25, -0.2) is 0 Å². The van der Waals surface area contributed by atoms with E-state index in [-0.39, 0.29) is 5.54 Å². The van der Waals surface area contributed by atoms with Gasteiger partial charge in [0.15, 0.2) is 0 Å². The van der Waals surface area contributed by atoms with Crippen molar-refractivity contribution in [1.29, 1.82) is 0 Å². The van der Waals surface area contributed by atoms with E-state index >= 15 is 0 Å². The molecule has 1 aliphatic heterocycles. The molecule has 1 saturated heterocycles. The molecule has 1 aromatic rings. The van der Waals surface area contributed by atoms with Crippen LogP contribution in [0.25, 0.3) is 0 Å². The maximum atomic E-state index is 6.64. The van der Waals surface area contributed by atoms with Crippen molar-refractivity contribution >= 4 is 11.6 Å². The van der Waals surface area contributed by atoms with Crippen molar-refractivity contribution in [3.8, 4) is 5.75 Å². The molecule has 3 N–H and O–H groups in total. The Bertz CT molecular complexity index is 418. The molecule has 2 atom stereocenters. The van der Waals surface area contributed by atoms with Crippen LogP contribution in [-0.2, 0) is 5.54 Å². The number of hydrogen-bond donors (Lipinski definition) is 2. The average Bonchev–Trinajstić information content (AvgIpc) is 2.92. The number of rotatable bonds is 4. The van der Waals surface area contributed by atoms with Crippen LogP contribution in [0.5, 0.6) is 5.75 Å². The first-order valence-corrected chi connectivity index (χ1v) is 6.86. The summed E-state index contributed by atoms with van der Waals surface area (Å²) < 4.78 is 5.28. The van der Waals surface area contributed by atoms with E-state index in [4.69, 9.17) is 22.1 Å². The van der Waals surface area contributed by atoms with Gasteiger partial charge in [0.1, 0.15) is 5.75 Å². The molecule has 18 heavy (non-hydrogen) atoms. The smallest absolute Gasteiger partial charge is 0.137 e.